The van der Waals surface area contributed by atoms with Gasteiger partial charge in [-0.2, -0.15) is 0 Å². The molecule has 0 atom stereocenters. The van der Waals surface area contributed by atoms with Gasteiger partial charge in [0.1, 0.15) is 4.83 Å². The van der Waals surface area contributed by atoms with Crippen molar-refractivity contribution in [3.8, 4) is 0 Å². The Labute approximate surface area is 91.8 Å². The second-order valence-corrected chi connectivity index (χ2v) is 4.58. The monoisotopic (exact) mass is 223 g/mol. The average Bonchev–Trinajstić information content (AvgIpc) is 2.65. The molecule has 0 unspecified atom stereocenters. The van der Waals surface area contributed by atoms with Crippen LogP contribution in [0.4, 0.5) is 0 Å². The fourth-order valence-corrected chi connectivity index (χ4v) is 2.08. The van der Waals surface area contributed by atoms with E-state index in [0.29, 0.717) is 6.54 Å². The number of fused-ring (bicyclic) bond motifs is 1. The van der Waals surface area contributed by atoms with E-state index in [-0.39, 0.29) is 5.56 Å². The van der Waals surface area contributed by atoms with Crippen molar-refractivity contribution >= 4 is 21.6 Å². The fourth-order valence-electron chi connectivity index (χ4n) is 1.36. The van der Waals surface area contributed by atoms with Crippen LogP contribution < -0.4 is 5.56 Å². The topological polar surface area (TPSA) is 38.1 Å². The first kappa shape index (κ1) is 10.3. The third-order valence-corrected chi connectivity index (χ3v) is 3.06. The Morgan fingerprint density at radius 1 is 1.53 bits per heavy atom. The van der Waals surface area contributed by atoms with Gasteiger partial charge in [0, 0.05) is 13.1 Å². The molecular weight excluding hydrogens is 210 g/mol. The third-order valence-electron chi connectivity index (χ3n) is 2.24. The number of likely N-dealkylation sites (N-methyl/N-ethyl adjacent to an activating group) is 1. The molecule has 0 aliphatic carbocycles. The third kappa shape index (κ3) is 2.08. The Morgan fingerprint density at radius 2 is 2.33 bits per heavy atom. The number of hydrogen-bond acceptors (Lipinski definition) is 4. The smallest absolute Gasteiger partial charge is 0.262 e. The zero-order valence-corrected chi connectivity index (χ0v) is 9.62. The van der Waals surface area contributed by atoms with Gasteiger partial charge in [-0.25, -0.2) is 4.98 Å². The van der Waals surface area contributed by atoms with Crippen molar-refractivity contribution in [2.45, 2.75) is 6.54 Å². The molecule has 0 aliphatic heterocycles. The maximum absolute atomic E-state index is 11.9. The molecule has 80 valence electrons. The van der Waals surface area contributed by atoms with Crippen LogP contribution in [0.3, 0.4) is 0 Å². The van der Waals surface area contributed by atoms with Gasteiger partial charge in [-0.05, 0) is 25.5 Å². The minimum absolute atomic E-state index is 0.0584. The summed E-state index contributed by atoms with van der Waals surface area (Å²) in [6.45, 7) is 1.53. The largest absolute Gasteiger partial charge is 0.308 e. The summed E-state index contributed by atoms with van der Waals surface area (Å²) in [6, 6.07) is 1.83. The maximum Gasteiger partial charge on any atom is 0.262 e. The van der Waals surface area contributed by atoms with Crippen LogP contribution in [-0.2, 0) is 6.54 Å². The Bertz CT molecular complexity index is 515. The maximum atomic E-state index is 11.9. The summed E-state index contributed by atoms with van der Waals surface area (Å²) in [5.74, 6) is 0. The SMILES string of the molecule is CN(C)CCn1cnc2sccc2c1=O. The van der Waals surface area contributed by atoms with Gasteiger partial charge in [-0.3, -0.25) is 9.36 Å². The van der Waals surface area contributed by atoms with Gasteiger partial charge < -0.3 is 4.90 Å². The van der Waals surface area contributed by atoms with E-state index in [1.807, 2.05) is 30.4 Å². The van der Waals surface area contributed by atoms with Crippen molar-refractivity contribution in [1.82, 2.24) is 14.5 Å². The highest BCUT2D eigenvalue weighted by Gasteiger charge is 2.04. The van der Waals surface area contributed by atoms with Crippen LogP contribution in [0, 0.1) is 0 Å². The molecule has 0 aliphatic rings. The van der Waals surface area contributed by atoms with Crippen LogP contribution >= 0.6 is 11.3 Å². The summed E-state index contributed by atoms with van der Waals surface area (Å²) in [6.07, 6.45) is 1.63. The molecule has 0 bridgehead atoms. The number of aromatic nitrogens is 2. The minimum atomic E-state index is 0.0584. The van der Waals surface area contributed by atoms with Gasteiger partial charge in [0.2, 0.25) is 0 Å². The van der Waals surface area contributed by atoms with E-state index < -0.39 is 0 Å². The summed E-state index contributed by atoms with van der Waals surface area (Å²) in [5.41, 5.74) is 0.0584. The van der Waals surface area contributed by atoms with Gasteiger partial charge in [-0.1, -0.05) is 0 Å². The van der Waals surface area contributed by atoms with E-state index >= 15 is 0 Å². The lowest BCUT2D eigenvalue weighted by atomic mass is 10.4. The van der Waals surface area contributed by atoms with Crippen molar-refractivity contribution < 1.29 is 0 Å². The van der Waals surface area contributed by atoms with E-state index in [9.17, 15) is 4.79 Å². The number of rotatable bonds is 3. The second kappa shape index (κ2) is 4.12. The van der Waals surface area contributed by atoms with Crippen LogP contribution in [0.5, 0.6) is 0 Å². The van der Waals surface area contributed by atoms with Crippen LogP contribution in [-0.4, -0.2) is 35.1 Å². The summed E-state index contributed by atoms with van der Waals surface area (Å²) in [4.78, 5) is 19.0. The standard InChI is InChI=1S/C10H13N3OS/c1-12(2)4-5-13-7-11-9-8(10(13)14)3-6-15-9/h3,6-7H,4-5H2,1-2H3. The lowest BCUT2D eigenvalue weighted by Gasteiger charge is -2.10. The number of thiophene rings is 1. The van der Waals surface area contributed by atoms with Gasteiger partial charge in [-0.15, -0.1) is 11.3 Å². The second-order valence-electron chi connectivity index (χ2n) is 3.69. The summed E-state index contributed by atoms with van der Waals surface area (Å²) >= 11 is 1.50. The molecule has 0 radical (unpaired) electrons. The van der Waals surface area contributed by atoms with Crippen molar-refractivity contribution in [3.63, 3.8) is 0 Å². The van der Waals surface area contributed by atoms with Gasteiger partial charge in [0.05, 0.1) is 11.7 Å². The molecule has 2 aromatic heterocycles. The quantitative estimate of drug-likeness (QED) is 0.779. The van der Waals surface area contributed by atoms with Crippen molar-refractivity contribution in [1.29, 1.82) is 0 Å². The van der Waals surface area contributed by atoms with Gasteiger partial charge >= 0.3 is 0 Å². The summed E-state index contributed by atoms with van der Waals surface area (Å²) < 4.78 is 1.66. The molecule has 2 heterocycles. The van der Waals surface area contributed by atoms with Crippen LogP contribution in [0.15, 0.2) is 22.6 Å². The highest BCUT2D eigenvalue weighted by atomic mass is 32.1. The molecule has 2 rings (SSSR count). The first-order valence-corrected chi connectivity index (χ1v) is 5.64. The minimum Gasteiger partial charge on any atom is -0.308 e. The van der Waals surface area contributed by atoms with E-state index in [4.69, 9.17) is 0 Å². The molecule has 0 N–H and O–H groups in total. The van der Waals surface area contributed by atoms with Crippen LogP contribution in [0.2, 0.25) is 0 Å². The van der Waals surface area contributed by atoms with Crippen molar-refractivity contribution in [2.75, 3.05) is 20.6 Å². The van der Waals surface area contributed by atoms with Gasteiger partial charge in [0.15, 0.2) is 0 Å². The Morgan fingerprint density at radius 3 is 3.07 bits per heavy atom. The Balaban J connectivity index is 2.36. The van der Waals surface area contributed by atoms with Crippen molar-refractivity contribution in [2.24, 2.45) is 0 Å². The normalized spacial score (nSPS) is 11.4. The zero-order valence-electron chi connectivity index (χ0n) is 8.80. The zero-order chi connectivity index (χ0) is 10.8. The first-order valence-electron chi connectivity index (χ1n) is 4.76. The predicted octanol–water partition coefficient (Wildman–Crippen LogP) is 1.02. The van der Waals surface area contributed by atoms with Gasteiger partial charge in [0.25, 0.3) is 5.56 Å². The molecule has 0 fully saturated rings. The van der Waals surface area contributed by atoms with E-state index in [0.717, 1.165) is 16.8 Å². The summed E-state index contributed by atoms with van der Waals surface area (Å²) in [7, 11) is 3.98. The molecule has 0 spiro atoms. The molecule has 0 amide bonds. The molecule has 15 heavy (non-hydrogen) atoms. The van der Waals surface area contributed by atoms with Crippen LogP contribution in [0.1, 0.15) is 0 Å². The molecule has 2 aromatic rings. The predicted molar refractivity (Wildman–Crippen MR) is 62.4 cm³/mol. The average molecular weight is 223 g/mol. The number of nitrogens with zero attached hydrogens (tertiary/aromatic N) is 3. The Kier molecular flexibility index (Phi) is 2.83. The molecule has 0 aromatic carbocycles. The molecule has 4 nitrogen and oxygen atoms in total. The summed E-state index contributed by atoms with van der Waals surface area (Å²) in [5, 5.41) is 2.62. The van der Waals surface area contributed by atoms with E-state index in [1.54, 1.807) is 10.9 Å². The number of hydrogen-bond donors (Lipinski definition) is 0. The molecule has 0 saturated carbocycles. The Hall–Kier alpha value is -1.20. The lowest BCUT2D eigenvalue weighted by molar-refractivity contribution is 0.380. The van der Waals surface area contributed by atoms with Crippen molar-refractivity contribution in [3.05, 3.63) is 28.1 Å². The fraction of sp³-hybridized carbons (Fsp3) is 0.400. The molecule has 5 heteroatoms. The highest BCUT2D eigenvalue weighted by Crippen LogP contribution is 2.12. The van der Waals surface area contributed by atoms with E-state index in [1.165, 1.54) is 11.3 Å². The lowest BCUT2D eigenvalue weighted by Crippen LogP contribution is -2.26. The highest BCUT2D eigenvalue weighted by molar-refractivity contribution is 7.16. The molecule has 0 saturated heterocycles. The van der Waals surface area contributed by atoms with Crippen LogP contribution in [0.25, 0.3) is 10.2 Å². The van der Waals surface area contributed by atoms with E-state index in [2.05, 4.69) is 4.98 Å². The molecular formula is C10H13N3OS. The first-order chi connectivity index (χ1) is 7.18.